The van der Waals surface area contributed by atoms with Crippen LogP contribution in [0.15, 0.2) is 17.7 Å². The molecule has 0 aromatic carbocycles. The molecule has 19 heavy (non-hydrogen) atoms. The van der Waals surface area contributed by atoms with Crippen LogP contribution in [0.3, 0.4) is 0 Å². The molecule has 1 aromatic rings. The number of aryl methyl sites for hydroxylation is 1. The summed E-state index contributed by atoms with van der Waals surface area (Å²) in [5.74, 6) is 2.24. The highest BCUT2D eigenvalue weighted by Gasteiger charge is 2.06. The predicted molar refractivity (Wildman–Crippen MR) is 79.5 cm³/mol. The number of anilines is 1. The van der Waals surface area contributed by atoms with Crippen molar-refractivity contribution in [1.29, 1.82) is 0 Å². The lowest BCUT2D eigenvalue weighted by Gasteiger charge is -2.15. The van der Waals surface area contributed by atoms with E-state index in [1.54, 1.807) is 5.57 Å². The first-order valence-electron chi connectivity index (χ1n) is 7.13. The SMILES string of the molecule is Cc1cc(NCCC2=CCNCC2)nc(C(C)C)n1. The van der Waals surface area contributed by atoms with E-state index in [9.17, 15) is 0 Å². The van der Waals surface area contributed by atoms with Gasteiger partial charge in [-0.1, -0.05) is 25.5 Å². The molecule has 0 spiro atoms. The van der Waals surface area contributed by atoms with Gasteiger partial charge in [0, 0.05) is 30.8 Å². The first-order valence-corrected chi connectivity index (χ1v) is 7.13. The van der Waals surface area contributed by atoms with E-state index in [2.05, 4.69) is 40.5 Å². The van der Waals surface area contributed by atoms with Gasteiger partial charge in [0.05, 0.1) is 0 Å². The first-order chi connectivity index (χ1) is 9.15. The average molecular weight is 260 g/mol. The summed E-state index contributed by atoms with van der Waals surface area (Å²) < 4.78 is 0. The van der Waals surface area contributed by atoms with Crippen LogP contribution >= 0.6 is 0 Å². The molecule has 2 N–H and O–H groups in total. The number of hydrogen-bond acceptors (Lipinski definition) is 4. The number of rotatable bonds is 5. The molecular formula is C15H24N4. The summed E-state index contributed by atoms with van der Waals surface area (Å²) in [5.41, 5.74) is 2.57. The maximum Gasteiger partial charge on any atom is 0.133 e. The lowest BCUT2D eigenvalue weighted by molar-refractivity contribution is 0.683. The Morgan fingerprint density at radius 2 is 2.21 bits per heavy atom. The second-order valence-electron chi connectivity index (χ2n) is 5.40. The van der Waals surface area contributed by atoms with Crippen molar-refractivity contribution in [2.45, 2.75) is 39.5 Å². The Labute approximate surface area is 115 Å². The van der Waals surface area contributed by atoms with Crippen LogP contribution in [0, 0.1) is 6.92 Å². The Hall–Kier alpha value is -1.42. The Kier molecular flexibility index (Phi) is 4.91. The van der Waals surface area contributed by atoms with E-state index in [-0.39, 0.29) is 0 Å². The summed E-state index contributed by atoms with van der Waals surface area (Å²) in [6, 6.07) is 2.02. The van der Waals surface area contributed by atoms with Crippen molar-refractivity contribution >= 4 is 5.82 Å². The zero-order valence-electron chi connectivity index (χ0n) is 12.2. The minimum absolute atomic E-state index is 0.368. The van der Waals surface area contributed by atoms with Crippen LogP contribution in [0.25, 0.3) is 0 Å². The molecule has 0 atom stereocenters. The van der Waals surface area contributed by atoms with Gasteiger partial charge in [-0.2, -0.15) is 0 Å². The monoisotopic (exact) mass is 260 g/mol. The summed E-state index contributed by atoms with van der Waals surface area (Å²) in [6.45, 7) is 9.33. The highest BCUT2D eigenvalue weighted by Crippen LogP contribution is 2.14. The lowest BCUT2D eigenvalue weighted by Crippen LogP contribution is -2.21. The second kappa shape index (κ2) is 6.66. The predicted octanol–water partition coefficient (Wildman–Crippen LogP) is 2.63. The van der Waals surface area contributed by atoms with Crippen LogP contribution in [0.2, 0.25) is 0 Å². The largest absolute Gasteiger partial charge is 0.370 e. The van der Waals surface area contributed by atoms with E-state index in [4.69, 9.17) is 0 Å². The molecule has 0 unspecified atom stereocenters. The van der Waals surface area contributed by atoms with Gasteiger partial charge in [-0.25, -0.2) is 9.97 Å². The van der Waals surface area contributed by atoms with Crippen molar-refractivity contribution < 1.29 is 0 Å². The van der Waals surface area contributed by atoms with E-state index in [0.29, 0.717) is 5.92 Å². The number of hydrogen-bond donors (Lipinski definition) is 2. The van der Waals surface area contributed by atoms with Gasteiger partial charge in [-0.3, -0.25) is 0 Å². The van der Waals surface area contributed by atoms with Crippen LogP contribution in [0.1, 0.15) is 44.1 Å². The van der Waals surface area contributed by atoms with Gasteiger partial charge in [0.15, 0.2) is 0 Å². The molecule has 104 valence electrons. The van der Waals surface area contributed by atoms with Crippen LogP contribution in [0.5, 0.6) is 0 Å². The molecule has 0 amide bonds. The summed E-state index contributed by atoms with van der Waals surface area (Å²) in [6.07, 6.45) is 4.57. The Morgan fingerprint density at radius 3 is 2.89 bits per heavy atom. The Morgan fingerprint density at radius 1 is 1.37 bits per heavy atom. The molecule has 2 heterocycles. The molecule has 1 aromatic heterocycles. The van der Waals surface area contributed by atoms with Gasteiger partial charge in [0.25, 0.3) is 0 Å². The van der Waals surface area contributed by atoms with Crippen molar-refractivity contribution in [3.8, 4) is 0 Å². The van der Waals surface area contributed by atoms with Crippen molar-refractivity contribution in [3.05, 3.63) is 29.2 Å². The maximum atomic E-state index is 4.56. The molecule has 0 aliphatic carbocycles. The van der Waals surface area contributed by atoms with Crippen molar-refractivity contribution in [2.75, 3.05) is 25.0 Å². The van der Waals surface area contributed by atoms with Crippen LogP contribution in [-0.2, 0) is 0 Å². The van der Waals surface area contributed by atoms with E-state index < -0.39 is 0 Å². The highest BCUT2D eigenvalue weighted by atomic mass is 15.0. The highest BCUT2D eigenvalue weighted by molar-refractivity contribution is 5.36. The molecule has 4 heteroatoms. The fourth-order valence-corrected chi connectivity index (χ4v) is 2.19. The minimum atomic E-state index is 0.368. The minimum Gasteiger partial charge on any atom is -0.370 e. The topological polar surface area (TPSA) is 49.8 Å². The third-order valence-electron chi connectivity index (χ3n) is 3.30. The van der Waals surface area contributed by atoms with Crippen LogP contribution < -0.4 is 10.6 Å². The third kappa shape index (κ3) is 4.31. The third-order valence-corrected chi connectivity index (χ3v) is 3.30. The number of nitrogens with one attached hydrogen (secondary N) is 2. The molecule has 0 radical (unpaired) electrons. The zero-order valence-corrected chi connectivity index (χ0v) is 12.2. The van der Waals surface area contributed by atoms with Crippen LogP contribution in [-0.4, -0.2) is 29.6 Å². The number of nitrogens with zero attached hydrogens (tertiary/aromatic N) is 2. The quantitative estimate of drug-likeness (QED) is 0.799. The first kappa shape index (κ1) is 14.0. The van der Waals surface area contributed by atoms with E-state index >= 15 is 0 Å². The number of aromatic nitrogens is 2. The average Bonchev–Trinajstić information content (AvgIpc) is 2.39. The molecule has 1 aliphatic rings. The van der Waals surface area contributed by atoms with Gasteiger partial charge in [0.2, 0.25) is 0 Å². The smallest absolute Gasteiger partial charge is 0.133 e. The summed E-state index contributed by atoms with van der Waals surface area (Å²) in [4.78, 5) is 9.02. The molecule has 1 aliphatic heterocycles. The van der Waals surface area contributed by atoms with Gasteiger partial charge in [-0.05, 0) is 26.3 Å². The Balaban J connectivity index is 1.90. The second-order valence-corrected chi connectivity index (χ2v) is 5.40. The van der Waals surface area contributed by atoms with E-state index in [1.807, 2.05) is 13.0 Å². The molecule has 0 saturated heterocycles. The standard InChI is InChI=1S/C15H24N4/c1-11(2)15-18-12(3)10-14(19-15)17-9-6-13-4-7-16-8-5-13/h4,10-11,16H,5-9H2,1-3H3,(H,17,18,19). The molecular weight excluding hydrogens is 236 g/mol. The fraction of sp³-hybridized carbons (Fsp3) is 0.600. The summed E-state index contributed by atoms with van der Waals surface area (Å²) in [7, 11) is 0. The molecule has 4 nitrogen and oxygen atoms in total. The zero-order chi connectivity index (χ0) is 13.7. The van der Waals surface area contributed by atoms with Crippen molar-refractivity contribution in [2.24, 2.45) is 0 Å². The molecule has 0 bridgehead atoms. The fourth-order valence-electron chi connectivity index (χ4n) is 2.19. The normalized spacial score (nSPS) is 15.5. The van der Waals surface area contributed by atoms with Gasteiger partial charge >= 0.3 is 0 Å². The molecule has 0 fully saturated rings. The van der Waals surface area contributed by atoms with Gasteiger partial charge < -0.3 is 10.6 Å². The van der Waals surface area contributed by atoms with Crippen molar-refractivity contribution in [1.82, 2.24) is 15.3 Å². The molecule has 0 saturated carbocycles. The van der Waals surface area contributed by atoms with Gasteiger partial charge in [-0.15, -0.1) is 0 Å². The maximum absolute atomic E-state index is 4.56. The van der Waals surface area contributed by atoms with Gasteiger partial charge in [0.1, 0.15) is 11.6 Å². The van der Waals surface area contributed by atoms with E-state index in [0.717, 1.165) is 43.4 Å². The lowest BCUT2D eigenvalue weighted by atomic mass is 10.1. The summed E-state index contributed by atoms with van der Waals surface area (Å²) >= 11 is 0. The molecule has 2 rings (SSSR count). The van der Waals surface area contributed by atoms with Crippen molar-refractivity contribution in [3.63, 3.8) is 0 Å². The van der Waals surface area contributed by atoms with E-state index in [1.165, 1.54) is 6.42 Å². The van der Waals surface area contributed by atoms with Crippen LogP contribution in [0.4, 0.5) is 5.82 Å². The summed E-state index contributed by atoms with van der Waals surface area (Å²) in [5, 5.41) is 6.75. The Bertz CT molecular complexity index is 451.